The van der Waals surface area contributed by atoms with Gasteiger partial charge in [0.15, 0.2) is 11.5 Å². The van der Waals surface area contributed by atoms with E-state index < -0.39 is 17.8 Å². The van der Waals surface area contributed by atoms with Crippen LogP contribution in [0.15, 0.2) is 64.2 Å². The smallest absolute Gasteiger partial charge is 0.345 e. The van der Waals surface area contributed by atoms with E-state index >= 15 is 0 Å². The first-order chi connectivity index (χ1) is 18.3. The topological polar surface area (TPSA) is 125 Å². The van der Waals surface area contributed by atoms with Crippen molar-refractivity contribution >= 4 is 51.5 Å². The van der Waals surface area contributed by atoms with Gasteiger partial charge in [0.1, 0.15) is 5.75 Å². The number of nitrogens with zero attached hydrogens (tertiary/aromatic N) is 1. The third kappa shape index (κ3) is 7.24. The largest absolute Gasteiger partial charge is 0.493 e. The molecule has 0 saturated heterocycles. The molecule has 2 amide bonds. The quantitative estimate of drug-likeness (QED) is 0.154. The maximum absolute atomic E-state index is 12.6. The van der Waals surface area contributed by atoms with Gasteiger partial charge in [-0.2, -0.15) is 5.10 Å². The lowest BCUT2D eigenvalue weighted by atomic mass is 10.1. The van der Waals surface area contributed by atoms with Gasteiger partial charge in [-0.05, 0) is 42.5 Å². The van der Waals surface area contributed by atoms with Crippen LogP contribution in [0, 0.1) is 0 Å². The number of nitrogens with one attached hydrogen (secondary N) is 2. The molecule has 12 heteroatoms. The zero-order valence-corrected chi connectivity index (χ0v) is 22.9. The van der Waals surface area contributed by atoms with Crippen LogP contribution in [0.4, 0.5) is 0 Å². The van der Waals surface area contributed by atoms with Crippen LogP contribution in [-0.4, -0.2) is 51.9 Å². The minimum Gasteiger partial charge on any atom is -0.493 e. The van der Waals surface area contributed by atoms with Gasteiger partial charge in [0.25, 0.3) is 11.8 Å². The number of hydrogen-bond acceptors (Lipinski definition) is 8. The van der Waals surface area contributed by atoms with Gasteiger partial charge in [-0.15, -0.1) is 0 Å². The zero-order valence-electron chi connectivity index (χ0n) is 20.5. The summed E-state index contributed by atoms with van der Waals surface area (Å²) in [7, 11) is 4.31. The SMILES string of the molecule is COc1cc(C(=O)NCC(=O)N/N=C\c2cc(Br)ccc2OC(=O)c2ccccc2Cl)cc(OC)c1OC. The molecule has 0 atom stereocenters. The number of esters is 1. The number of halogens is 2. The molecule has 3 rings (SSSR count). The van der Waals surface area contributed by atoms with Crippen LogP contribution >= 0.6 is 27.5 Å². The lowest BCUT2D eigenvalue weighted by Crippen LogP contribution is -2.35. The highest BCUT2D eigenvalue weighted by atomic mass is 79.9. The van der Waals surface area contributed by atoms with E-state index in [9.17, 15) is 14.4 Å². The van der Waals surface area contributed by atoms with E-state index in [1.165, 1.54) is 39.7 Å². The Balaban J connectivity index is 1.63. The standard InChI is InChI=1S/C26H23BrClN3O7/c1-35-21-11-15(12-22(36-2)24(21)37-3)25(33)29-14-23(32)31-30-13-16-10-17(27)8-9-20(16)38-26(34)18-6-4-5-7-19(18)28/h4-13H,14H2,1-3H3,(H,29,33)(H,31,32)/b30-13-. The van der Waals surface area contributed by atoms with Crippen LogP contribution in [0.2, 0.25) is 5.02 Å². The van der Waals surface area contributed by atoms with Gasteiger partial charge >= 0.3 is 5.97 Å². The molecule has 38 heavy (non-hydrogen) atoms. The third-order valence-corrected chi connectivity index (χ3v) is 5.82. The van der Waals surface area contributed by atoms with Crippen molar-refractivity contribution in [3.05, 3.63) is 80.8 Å². The summed E-state index contributed by atoms with van der Waals surface area (Å²) in [4.78, 5) is 37.4. The molecule has 0 saturated carbocycles. The van der Waals surface area contributed by atoms with Gasteiger partial charge in [0.2, 0.25) is 5.75 Å². The van der Waals surface area contributed by atoms with Gasteiger partial charge < -0.3 is 24.3 Å². The van der Waals surface area contributed by atoms with Crippen LogP contribution in [0.1, 0.15) is 26.3 Å². The Bertz CT molecular complexity index is 1360. The van der Waals surface area contributed by atoms with E-state index in [1.807, 2.05) is 0 Å². The van der Waals surface area contributed by atoms with Crippen LogP contribution in [0.5, 0.6) is 23.0 Å². The summed E-state index contributed by atoms with van der Waals surface area (Å²) >= 11 is 9.42. The predicted molar refractivity (Wildman–Crippen MR) is 145 cm³/mol. The molecule has 0 aliphatic heterocycles. The molecule has 10 nitrogen and oxygen atoms in total. The summed E-state index contributed by atoms with van der Waals surface area (Å²) in [6, 6.07) is 14.3. The molecule has 3 aromatic rings. The molecule has 0 aliphatic rings. The number of amides is 2. The molecule has 3 aromatic carbocycles. The molecule has 0 aromatic heterocycles. The van der Waals surface area contributed by atoms with Gasteiger partial charge in [-0.25, -0.2) is 10.2 Å². The summed E-state index contributed by atoms with van der Waals surface area (Å²) in [6.07, 6.45) is 1.30. The summed E-state index contributed by atoms with van der Waals surface area (Å²) in [5.41, 5.74) is 3.12. The normalized spacial score (nSPS) is 10.6. The van der Waals surface area contributed by atoms with E-state index in [-0.39, 0.29) is 28.4 Å². The van der Waals surface area contributed by atoms with Crippen molar-refractivity contribution in [3.8, 4) is 23.0 Å². The molecule has 0 fully saturated rings. The molecule has 0 aliphatic carbocycles. The van der Waals surface area contributed by atoms with E-state index in [4.69, 9.17) is 30.5 Å². The van der Waals surface area contributed by atoms with Crippen molar-refractivity contribution in [2.45, 2.75) is 0 Å². The number of carbonyl (C=O) groups is 3. The Labute approximate surface area is 232 Å². The van der Waals surface area contributed by atoms with Crippen LogP contribution in [0.25, 0.3) is 0 Å². The van der Waals surface area contributed by atoms with Gasteiger partial charge in [-0.1, -0.05) is 39.7 Å². The predicted octanol–water partition coefficient (Wildman–Crippen LogP) is 4.23. The fraction of sp³-hybridized carbons (Fsp3) is 0.154. The summed E-state index contributed by atoms with van der Waals surface area (Å²) < 4.78 is 21.9. The first-order valence-electron chi connectivity index (χ1n) is 10.9. The first kappa shape index (κ1) is 28.5. The Hall–Kier alpha value is -4.09. The summed E-state index contributed by atoms with van der Waals surface area (Å²) in [6.45, 7) is -0.361. The maximum Gasteiger partial charge on any atom is 0.345 e. The average molecular weight is 605 g/mol. The van der Waals surface area contributed by atoms with Gasteiger partial charge in [-0.3, -0.25) is 9.59 Å². The van der Waals surface area contributed by atoms with Crippen LogP contribution < -0.4 is 29.7 Å². The monoisotopic (exact) mass is 603 g/mol. The van der Waals surface area contributed by atoms with E-state index in [2.05, 4.69) is 31.8 Å². The van der Waals surface area contributed by atoms with Crippen molar-refractivity contribution in [3.63, 3.8) is 0 Å². The van der Waals surface area contributed by atoms with Crippen LogP contribution in [0.3, 0.4) is 0 Å². The molecular weight excluding hydrogens is 582 g/mol. The fourth-order valence-corrected chi connectivity index (χ4v) is 3.77. The second-order valence-electron chi connectivity index (χ2n) is 7.44. The van der Waals surface area contributed by atoms with E-state index in [0.717, 1.165) is 0 Å². The number of hydrazone groups is 1. The van der Waals surface area contributed by atoms with E-state index in [1.54, 1.807) is 42.5 Å². The highest BCUT2D eigenvalue weighted by Crippen LogP contribution is 2.38. The molecular formula is C26H23BrClN3O7. The van der Waals surface area contributed by atoms with Crippen molar-refractivity contribution in [2.24, 2.45) is 5.10 Å². The number of methoxy groups -OCH3 is 3. The summed E-state index contributed by atoms with van der Waals surface area (Å²) in [5.74, 6) is -0.644. The molecule has 0 radical (unpaired) electrons. The first-order valence-corrected chi connectivity index (χ1v) is 12.1. The maximum atomic E-state index is 12.6. The molecule has 0 unspecified atom stereocenters. The second-order valence-corrected chi connectivity index (χ2v) is 8.76. The van der Waals surface area contributed by atoms with Crippen molar-refractivity contribution in [2.75, 3.05) is 27.9 Å². The number of benzene rings is 3. The van der Waals surface area contributed by atoms with E-state index in [0.29, 0.717) is 27.3 Å². The molecule has 0 heterocycles. The Morgan fingerprint density at radius 3 is 2.26 bits per heavy atom. The summed E-state index contributed by atoms with van der Waals surface area (Å²) in [5, 5.41) is 6.65. The highest BCUT2D eigenvalue weighted by molar-refractivity contribution is 9.10. The van der Waals surface area contributed by atoms with Crippen LogP contribution in [-0.2, 0) is 4.79 Å². The van der Waals surface area contributed by atoms with Gasteiger partial charge in [0.05, 0.1) is 44.7 Å². The number of ether oxygens (including phenoxy) is 4. The van der Waals surface area contributed by atoms with Crippen molar-refractivity contribution < 1.29 is 33.3 Å². The second kappa shape index (κ2) is 13.5. The molecule has 0 spiro atoms. The minimum absolute atomic E-state index is 0.201. The molecule has 2 N–H and O–H groups in total. The third-order valence-electron chi connectivity index (χ3n) is 5.00. The highest BCUT2D eigenvalue weighted by Gasteiger charge is 2.18. The minimum atomic E-state index is -0.647. The Kier molecular flexibility index (Phi) is 10.1. The molecule has 0 bridgehead atoms. The number of rotatable bonds is 10. The fourth-order valence-electron chi connectivity index (χ4n) is 3.18. The van der Waals surface area contributed by atoms with Gasteiger partial charge in [0, 0.05) is 15.6 Å². The van der Waals surface area contributed by atoms with Crippen molar-refractivity contribution in [1.29, 1.82) is 0 Å². The molecule has 198 valence electrons. The Morgan fingerprint density at radius 1 is 0.947 bits per heavy atom. The number of hydrogen-bond donors (Lipinski definition) is 2. The lowest BCUT2D eigenvalue weighted by molar-refractivity contribution is -0.120. The van der Waals surface area contributed by atoms with Crippen molar-refractivity contribution in [1.82, 2.24) is 10.7 Å². The number of carbonyl (C=O) groups excluding carboxylic acids is 3. The Morgan fingerprint density at radius 2 is 1.63 bits per heavy atom. The average Bonchev–Trinajstić information content (AvgIpc) is 2.92. The lowest BCUT2D eigenvalue weighted by Gasteiger charge is -2.14. The zero-order chi connectivity index (χ0) is 27.7.